The Morgan fingerprint density at radius 1 is 1.18 bits per heavy atom. The molecule has 0 radical (unpaired) electrons. The molecule has 0 aromatic heterocycles. The minimum Gasteiger partial charge on any atom is -0.462 e. The number of carbonyl (C=O) groups is 1. The van der Waals surface area contributed by atoms with Crippen molar-refractivity contribution in [1.82, 2.24) is 0 Å². The predicted molar refractivity (Wildman–Crippen MR) is 93.6 cm³/mol. The van der Waals surface area contributed by atoms with E-state index in [0.717, 1.165) is 5.57 Å². The molecule has 0 heterocycles. The lowest BCUT2D eigenvalue weighted by Crippen LogP contribution is -2.41. The van der Waals surface area contributed by atoms with Gasteiger partial charge in [-0.25, -0.2) is 4.79 Å². The fraction of sp³-hybridized carbons (Fsp3) is 0.500. The van der Waals surface area contributed by atoms with E-state index in [9.17, 15) is 4.79 Å². The number of esters is 1. The number of rotatable bonds is 7. The van der Waals surface area contributed by atoms with Crippen LogP contribution in [0.25, 0.3) is 0 Å². The maximum absolute atomic E-state index is 11.8. The Labute approximate surface area is 135 Å². The van der Waals surface area contributed by atoms with E-state index < -0.39 is 8.32 Å². The van der Waals surface area contributed by atoms with Crippen LogP contribution in [0.15, 0.2) is 42.5 Å². The van der Waals surface area contributed by atoms with Gasteiger partial charge in [0.25, 0.3) is 0 Å². The first kappa shape index (κ1) is 18.7. The third-order valence-corrected chi connectivity index (χ3v) is 8.62. The monoisotopic (exact) mass is 320 g/mol. The van der Waals surface area contributed by atoms with Gasteiger partial charge in [0.15, 0.2) is 8.32 Å². The molecule has 1 aromatic carbocycles. The Kier molecular flexibility index (Phi) is 6.57. The minimum absolute atomic E-state index is 0.188. The average Bonchev–Trinajstić information content (AvgIpc) is 2.45. The summed E-state index contributed by atoms with van der Waals surface area (Å²) in [6.07, 6.45) is 0.632. The van der Waals surface area contributed by atoms with Gasteiger partial charge in [-0.15, -0.1) is 0 Å². The van der Waals surface area contributed by atoms with Crippen molar-refractivity contribution < 1.29 is 14.0 Å². The molecule has 1 aromatic rings. The molecule has 122 valence electrons. The normalized spacial score (nSPS) is 12.0. The molecule has 0 saturated carbocycles. The third kappa shape index (κ3) is 5.77. The molecule has 0 atom stereocenters. The molecule has 0 saturated heterocycles. The number of benzene rings is 1. The van der Waals surface area contributed by atoms with Gasteiger partial charge >= 0.3 is 5.97 Å². The lowest BCUT2D eigenvalue weighted by Gasteiger charge is -2.36. The molecule has 0 bridgehead atoms. The summed E-state index contributed by atoms with van der Waals surface area (Å²) in [5, 5.41) is 0.188. The van der Waals surface area contributed by atoms with Crippen molar-refractivity contribution in [1.29, 1.82) is 0 Å². The van der Waals surface area contributed by atoms with Crippen molar-refractivity contribution in [3.05, 3.63) is 48.0 Å². The lowest BCUT2D eigenvalue weighted by atomic mass is 10.2. The summed E-state index contributed by atoms with van der Waals surface area (Å²) in [4.78, 5) is 11.8. The molecular formula is C18H28O3Si. The van der Waals surface area contributed by atoms with Crippen molar-refractivity contribution in [2.24, 2.45) is 0 Å². The maximum Gasteiger partial charge on any atom is 0.338 e. The molecule has 0 fully saturated rings. The second-order valence-electron chi connectivity index (χ2n) is 7.05. The molecule has 4 heteroatoms. The molecule has 3 nitrogen and oxygen atoms in total. The largest absolute Gasteiger partial charge is 0.462 e. The zero-order valence-corrected chi connectivity index (χ0v) is 15.4. The molecule has 0 aliphatic carbocycles. The Morgan fingerprint density at radius 3 is 2.32 bits per heavy atom. The SMILES string of the molecule is C=C(CCOC(=O)c1ccccc1)CO[Si](C)(C)C(C)(C)C. The zero-order chi connectivity index (χ0) is 16.8. The molecule has 0 aliphatic heterocycles. The first-order valence-corrected chi connectivity index (χ1v) is 10.6. The van der Waals surface area contributed by atoms with Crippen LogP contribution in [0.3, 0.4) is 0 Å². The highest BCUT2D eigenvalue weighted by Crippen LogP contribution is 2.36. The van der Waals surface area contributed by atoms with Gasteiger partial charge in [-0.1, -0.05) is 45.5 Å². The van der Waals surface area contributed by atoms with Crippen LogP contribution in [0, 0.1) is 0 Å². The zero-order valence-electron chi connectivity index (χ0n) is 14.4. The van der Waals surface area contributed by atoms with Gasteiger partial charge in [-0.3, -0.25) is 0 Å². The van der Waals surface area contributed by atoms with Crippen LogP contribution in [0.4, 0.5) is 0 Å². The third-order valence-electron chi connectivity index (χ3n) is 4.14. The van der Waals surface area contributed by atoms with E-state index in [1.807, 2.05) is 18.2 Å². The molecule has 1 rings (SSSR count). The van der Waals surface area contributed by atoms with Gasteiger partial charge in [-0.2, -0.15) is 0 Å². The molecular weight excluding hydrogens is 292 g/mol. The summed E-state index contributed by atoms with van der Waals surface area (Å²) in [5.41, 5.74) is 1.54. The van der Waals surface area contributed by atoms with Gasteiger partial charge in [0, 0.05) is 6.42 Å². The summed E-state index contributed by atoms with van der Waals surface area (Å²) < 4.78 is 11.4. The Hall–Kier alpha value is -1.39. The molecule has 0 unspecified atom stereocenters. The number of carbonyl (C=O) groups excluding carboxylic acids is 1. The second-order valence-corrected chi connectivity index (χ2v) is 11.9. The van der Waals surface area contributed by atoms with E-state index in [1.54, 1.807) is 12.1 Å². The summed E-state index contributed by atoms with van der Waals surface area (Å²) in [6, 6.07) is 9.01. The average molecular weight is 321 g/mol. The maximum atomic E-state index is 11.8. The second kappa shape index (κ2) is 7.74. The van der Waals surface area contributed by atoms with Gasteiger partial charge in [-0.05, 0) is 35.8 Å². The van der Waals surface area contributed by atoms with E-state index >= 15 is 0 Å². The van der Waals surface area contributed by atoms with Crippen LogP contribution in [-0.2, 0) is 9.16 Å². The summed E-state index contributed by atoms with van der Waals surface area (Å²) in [6.45, 7) is 16.0. The van der Waals surface area contributed by atoms with Crippen LogP contribution in [0.5, 0.6) is 0 Å². The van der Waals surface area contributed by atoms with Crippen molar-refractivity contribution in [2.45, 2.75) is 45.3 Å². The first-order valence-electron chi connectivity index (χ1n) is 7.66. The van der Waals surface area contributed by atoms with Crippen LogP contribution in [-0.4, -0.2) is 27.5 Å². The fourth-order valence-electron chi connectivity index (χ4n) is 1.52. The van der Waals surface area contributed by atoms with Gasteiger partial charge < -0.3 is 9.16 Å². The number of ether oxygens (including phenoxy) is 1. The standard InChI is InChI=1S/C18H28O3Si/c1-15(14-21-22(5,6)18(2,3)4)12-13-20-17(19)16-10-8-7-9-11-16/h7-11H,1,12-14H2,2-6H3. The molecule has 0 spiro atoms. The Morgan fingerprint density at radius 2 is 1.77 bits per heavy atom. The lowest BCUT2D eigenvalue weighted by molar-refractivity contribution is 0.0507. The summed E-state index contributed by atoms with van der Waals surface area (Å²) in [5.74, 6) is -0.293. The molecule has 0 amide bonds. The summed E-state index contributed by atoms with van der Waals surface area (Å²) >= 11 is 0. The molecule has 22 heavy (non-hydrogen) atoms. The molecule has 0 N–H and O–H groups in total. The van der Waals surface area contributed by atoms with Crippen LogP contribution in [0.2, 0.25) is 18.1 Å². The fourth-order valence-corrected chi connectivity index (χ4v) is 2.51. The van der Waals surface area contributed by atoms with Crippen LogP contribution in [0.1, 0.15) is 37.6 Å². The van der Waals surface area contributed by atoms with Crippen molar-refractivity contribution in [2.75, 3.05) is 13.2 Å². The smallest absolute Gasteiger partial charge is 0.338 e. The van der Waals surface area contributed by atoms with Crippen LogP contribution >= 0.6 is 0 Å². The van der Waals surface area contributed by atoms with E-state index in [2.05, 4.69) is 40.4 Å². The number of hydrogen-bond donors (Lipinski definition) is 0. The number of hydrogen-bond acceptors (Lipinski definition) is 3. The van der Waals surface area contributed by atoms with Gasteiger partial charge in [0.05, 0.1) is 18.8 Å². The van der Waals surface area contributed by atoms with E-state index in [4.69, 9.17) is 9.16 Å². The van der Waals surface area contributed by atoms with Crippen molar-refractivity contribution in [3.8, 4) is 0 Å². The summed E-state index contributed by atoms with van der Waals surface area (Å²) in [7, 11) is -1.75. The van der Waals surface area contributed by atoms with E-state index in [0.29, 0.717) is 25.2 Å². The van der Waals surface area contributed by atoms with Gasteiger partial charge in [0.2, 0.25) is 0 Å². The van der Waals surface area contributed by atoms with Crippen molar-refractivity contribution in [3.63, 3.8) is 0 Å². The Balaban J connectivity index is 2.31. The predicted octanol–water partition coefficient (Wildman–Crippen LogP) is 4.81. The van der Waals surface area contributed by atoms with E-state index in [-0.39, 0.29) is 11.0 Å². The highest BCUT2D eigenvalue weighted by atomic mass is 28.4. The Bertz CT molecular complexity index is 501. The highest BCUT2D eigenvalue weighted by molar-refractivity contribution is 6.74. The highest BCUT2D eigenvalue weighted by Gasteiger charge is 2.37. The van der Waals surface area contributed by atoms with Crippen molar-refractivity contribution >= 4 is 14.3 Å². The first-order chi connectivity index (χ1) is 10.1. The van der Waals surface area contributed by atoms with Gasteiger partial charge in [0.1, 0.15) is 0 Å². The topological polar surface area (TPSA) is 35.5 Å². The minimum atomic E-state index is -1.75. The van der Waals surface area contributed by atoms with Crippen LogP contribution < -0.4 is 0 Å². The van der Waals surface area contributed by atoms with E-state index in [1.165, 1.54) is 0 Å². The molecule has 0 aliphatic rings. The quantitative estimate of drug-likeness (QED) is 0.411.